The Balaban J connectivity index is 1.98. The number of nitrogens with zero attached hydrogens (tertiary/aromatic N) is 1. The molecule has 1 aliphatic rings. The highest BCUT2D eigenvalue weighted by molar-refractivity contribution is 6.34. The number of carbonyl (C=O) groups excluding carboxylic acids is 1. The smallest absolute Gasteiger partial charge is 0.241 e. The molecule has 122 valence electrons. The molecule has 0 bridgehead atoms. The van der Waals surface area contributed by atoms with Gasteiger partial charge in [0.2, 0.25) is 5.91 Å². The zero-order chi connectivity index (χ0) is 16.4. The maximum Gasteiger partial charge on any atom is 0.241 e. The van der Waals surface area contributed by atoms with E-state index in [1.54, 1.807) is 0 Å². The van der Waals surface area contributed by atoms with Gasteiger partial charge in [0.25, 0.3) is 0 Å². The summed E-state index contributed by atoms with van der Waals surface area (Å²) in [4.78, 5) is 14.3. The van der Waals surface area contributed by atoms with Gasteiger partial charge in [-0.25, -0.2) is 0 Å². The summed E-state index contributed by atoms with van der Waals surface area (Å²) in [5.41, 5.74) is 2.68. The first-order valence-electron chi connectivity index (χ1n) is 7.75. The van der Waals surface area contributed by atoms with Crippen LogP contribution in [0.1, 0.15) is 30.9 Å². The Labute approximate surface area is 137 Å². The Hall–Kier alpha value is -1.10. The fourth-order valence-corrected chi connectivity index (χ4v) is 2.95. The third-order valence-electron chi connectivity index (χ3n) is 4.36. The van der Waals surface area contributed by atoms with Gasteiger partial charge < -0.3 is 10.4 Å². The molecule has 1 aliphatic carbocycles. The van der Waals surface area contributed by atoms with Crippen LogP contribution in [-0.2, 0) is 4.79 Å². The van der Waals surface area contributed by atoms with Crippen LogP contribution in [0.4, 0.5) is 5.69 Å². The summed E-state index contributed by atoms with van der Waals surface area (Å²) in [6.07, 6.45) is 1.84. The molecule has 4 nitrogen and oxygen atoms in total. The predicted molar refractivity (Wildman–Crippen MR) is 90.4 cm³/mol. The molecular formula is C17H25ClN2O2. The van der Waals surface area contributed by atoms with E-state index < -0.39 is 0 Å². The van der Waals surface area contributed by atoms with Crippen LogP contribution in [0, 0.1) is 19.8 Å². The second-order valence-corrected chi connectivity index (χ2v) is 6.86. The van der Waals surface area contributed by atoms with E-state index >= 15 is 0 Å². The van der Waals surface area contributed by atoms with Crippen molar-refractivity contribution in [2.24, 2.45) is 5.92 Å². The average molecular weight is 325 g/mol. The Bertz CT molecular complexity index is 535. The van der Waals surface area contributed by atoms with Crippen molar-refractivity contribution in [1.29, 1.82) is 0 Å². The highest BCUT2D eigenvalue weighted by atomic mass is 35.5. The Morgan fingerprint density at radius 3 is 2.64 bits per heavy atom. The van der Waals surface area contributed by atoms with Gasteiger partial charge in [-0.15, -0.1) is 0 Å². The Morgan fingerprint density at radius 1 is 1.45 bits per heavy atom. The van der Waals surface area contributed by atoms with Crippen molar-refractivity contribution >= 4 is 23.2 Å². The van der Waals surface area contributed by atoms with Gasteiger partial charge in [-0.3, -0.25) is 9.69 Å². The molecule has 22 heavy (non-hydrogen) atoms. The van der Waals surface area contributed by atoms with Gasteiger partial charge in [-0.05, 0) is 63.8 Å². The highest BCUT2D eigenvalue weighted by Crippen LogP contribution is 2.33. The molecule has 0 aliphatic heterocycles. The number of anilines is 1. The van der Waals surface area contributed by atoms with Crippen molar-refractivity contribution in [1.82, 2.24) is 4.90 Å². The molecule has 0 spiro atoms. The molecule has 2 atom stereocenters. The number of nitrogens with one attached hydrogen (secondary N) is 1. The third-order valence-corrected chi connectivity index (χ3v) is 4.66. The first-order valence-corrected chi connectivity index (χ1v) is 8.13. The van der Waals surface area contributed by atoms with Crippen LogP contribution in [0.5, 0.6) is 0 Å². The summed E-state index contributed by atoms with van der Waals surface area (Å²) >= 11 is 6.23. The predicted octanol–water partition coefficient (Wildman–Crippen LogP) is 2.99. The van der Waals surface area contributed by atoms with Crippen molar-refractivity contribution in [2.75, 3.05) is 18.9 Å². The molecule has 0 heterocycles. The Morgan fingerprint density at radius 2 is 2.09 bits per heavy atom. The summed E-state index contributed by atoms with van der Waals surface area (Å²) in [6, 6.07) is 3.51. The molecule has 1 fully saturated rings. The number of carbonyl (C=O) groups is 1. The van der Waals surface area contributed by atoms with Gasteiger partial charge in [0.05, 0.1) is 22.9 Å². The summed E-state index contributed by atoms with van der Waals surface area (Å²) in [6.45, 7) is 6.26. The standard InChI is InChI=1S/C17H25ClN2O2/c1-10-7-11(2)16(14(18)8-10)19-17(22)12(3)20(4)9-15(21)13-5-6-13/h7-8,12-13,15,21H,5-6,9H2,1-4H3,(H,19,22). The van der Waals surface area contributed by atoms with E-state index in [2.05, 4.69) is 5.32 Å². The molecule has 2 rings (SSSR count). The summed E-state index contributed by atoms with van der Waals surface area (Å²) < 4.78 is 0. The first kappa shape index (κ1) is 17.3. The minimum Gasteiger partial charge on any atom is -0.392 e. The molecule has 1 saturated carbocycles. The zero-order valence-corrected chi connectivity index (χ0v) is 14.4. The number of hydrogen-bond acceptors (Lipinski definition) is 3. The highest BCUT2D eigenvalue weighted by Gasteiger charge is 2.32. The van der Waals surface area contributed by atoms with Crippen LogP contribution in [-0.4, -0.2) is 41.7 Å². The van der Waals surface area contributed by atoms with Crippen LogP contribution in [0.2, 0.25) is 5.02 Å². The second-order valence-electron chi connectivity index (χ2n) is 6.45. The second kappa shape index (κ2) is 6.99. The fraction of sp³-hybridized carbons (Fsp3) is 0.588. The van der Waals surface area contributed by atoms with Gasteiger partial charge in [0.15, 0.2) is 0 Å². The topological polar surface area (TPSA) is 52.6 Å². The van der Waals surface area contributed by atoms with Crippen molar-refractivity contribution in [3.8, 4) is 0 Å². The van der Waals surface area contributed by atoms with Gasteiger partial charge in [0, 0.05) is 6.54 Å². The lowest BCUT2D eigenvalue weighted by atomic mass is 10.1. The monoisotopic (exact) mass is 324 g/mol. The Kier molecular flexibility index (Phi) is 5.48. The van der Waals surface area contributed by atoms with E-state index in [1.165, 1.54) is 0 Å². The molecule has 0 aromatic heterocycles. The summed E-state index contributed by atoms with van der Waals surface area (Å²) in [5, 5.41) is 13.5. The third kappa shape index (κ3) is 4.22. The number of amides is 1. The number of rotatable bonds is 6. The summed E-state index contributed by atoms with van der Waals surface area (Å²) in [7, 11) is 1.86. The molecule has 0 radical (unpaired) electrons. The molecule has 1 aromatic carbocycles. The van der Waals surface area contributed by atoms with Gasteiger partial charge in [-0.2, -0.15) is 0 Å². The van der Waals surface area contributed by atoms with Crippen LogP contribution < -0.4 is 5.32 Å². The molecule has 1 aromatic rings. The minimum absolute atomic E-state index is 0.112. The molecule has 5 heteroatoms. The quantitative estimate of drug-likeness (QED) is 0.846. The number of aliphatic hydroxyl groups is 1. The van der Waals surface area contributed by atoms with Crippen molar-refractivity contribution in [3.63, 3.8) is 0 Å². The van der Waals surface area contributed by atoms with E-state index in [9.17, 15) is 9.90 Å². The largest absolute Gasteiger partial charge is 0.392 e. The van der Waals surface area contributed by atoms with Crippen LogP contribution in [0.3, 0.4) is 0 Å². The van der Waals surface area contributed by atoms with Crippen LogP contribution in [0.25, 0.3) is 0 Å². The summed E-state index contributed by atoms with van der Waals surface area (Å²) in [5.74, 6) is 0.297. The van der Waals surface area contributed by atoms with Crippen molar-refractivity contribution in [3.05, 3.63) is 28.3 Å². The lowest BCUT2D eigenvalue weighted by Gasteiger charge is -2.26. The lowest BCUT2D eigenvalue weighted by molar-refractivity contribution is -0.120. The van der Waals surface area contributed by atoms with E-state index in [1.807, 2.05) is 44.9 Å². The molecule has 0 saturated heterocycles. The number of halogens is 1. The SMILES string of the molecule is Cc1cc(C)c(NC(=O)C(C)N(C)CC(O)C2CC2)c(Cl)c1. The van der Waals surface area contributed by atoms with Gasteiger partial charge in [-0.1, -0.05) is 17.7 Å². The number of hydrogen-bond donors (Lipinski definition) is 2. The molecule has 2 N–H and O–H groups in total. The number of likely N-dealkylation sites (N-methyl/N-ethyl adjacent to an activating group) is 1. The van der Waals surface area contributed by atoms with E-state index in [0.29, 0.717) is 23.2 Å². The average Bonchev–Trinajstić information content (AvgIpc) is 3.25. The lowest BCUT2D eigenvalue weighted by Crippen LogP contribution is -2.43. The van der Waals surface area contributed by atoms with Gasteiger partial charge >= 0.3 is 0 Å². The number of benzene rings is 1. The van der Waals surface area contributed by atoms with Crippen molar-refractivity contribution in [2.45, 2.75) is 45.8 Å². The van der Waals surface area contributed by atoms with E-state index in [0.717, 1.165) is 24.0 Å². The fourth-order valence-electron chi connectivity index (χ4n) is 2.59. The number of aliphatic hydroxyl groups excluding tert-OH is 1. The molecule has 2 unspecified atom stereocenters. The van der Waals surface area contributed by atoms with Crippen molar-refractivity contribution < 1.29 is 9.90 Å². The molecular weight excluding hydrogens is 300 g/mol. The normalized spacial score (nSPS) is 17.4. The zero-order valence-electron chi connectivity index (χ0n) is 13.7. The van der Waals surface area contributed by atoms with E-state index in [-0.39, 0.29) is 18.1 Å². The first-order chi connectivity index (χ1) is 10.3. The maximum absolute atomic E-state index is 12.4. The number of aryl methyl sites for hydroxylation is 2. The van der Waals surface area contributed by atoms with Crippen LogP contribution >= 0.6 is 11.6 Å². The van der Waals surface area contributed by atoms with E-state index in [4.69, 9.17) is 11.6 Å². The maximum atomic E-state index is 12.4. The minimum atomic E-state index is -0.343. The van der Waals surface area contributed by atoms with Gasteiger partial charge in [0.1, 0.15) is 0 Å². The molecule has 1 amide bonds. The van der Waals surface area contributed by atoms with Crippen LogP contribution in [0.15, 0.2) is 12.1 Å².